The zero-order chi connectivity index (χ0) is 11.5. The third-order valence-corrected chi connectivity index (χ3v) is 2.15. The molecule has 15 heavy (non-hydrogen) atoms. The second-order valence-electron chi connectivity index (χ2n) is 4.45. The van der Waals surface area contributed by atoms with Gasteiger partial charge in [-0.1, -0.05) is 23.7 Å². The van der Waals surface area contributed by atoms with Crippen molar-refractivity contribution >= 4 is 17.6 Å². The van der Waals surface area contributed by atoms with Crippen molar-refractivity contribution in [2.45, 2.75) is 27.4 Å². The Labute approximate surface area is 95.2 Å². The third-order valence-electron chi connectivity index (χ3n) is 1.90. The van der Waals surface area contributed by atoms with E-state index in [0.29, 0.717) is 11.6 Å². The van der Waals surface area contributed by atoms with Crippen molar-refractivity contribution in [2.75, 3.05) is 0 Å². The second-order valence-corrected chi connectivity index (χ2v) is 4.89. The minimum atomic E-state index is -0.452. The van der Waals surface area contributed by atoms with E-state index in [9.17, 15) is 4.79 Å². The first kappa shape index (κ1) is 12.1. The number of hydrogen-bond donors (Lipinski definition) is 0. The minimum Gasteiger partial charge on any atom is -0.460 e. The first-order valence-electron chi connectivity index (χ1n) is 4.81. The molecule has 0 saturated heterocycles. The maximum Gasteiger partial charge on any atom is 0.311 e. The molecule has 1 aromatic carbocycles. The molecular weight excluding hydrogens is 212 g/mol. The maximum atomic E-state index is 11.5. The number of esters is 1. The average Bonchev–Trinajstić information content (AvgIpc) is 2.15. The van der Waals surface area contributed by atoms with Gasteiger partial charge in [-0.3, -0.25) is 4.79 Å². The Kier molecular flexibility index (Phi) is 3.75. The smallest absolute Gasteiger partial charge is 0.311 e. The summed E-state index contributed by atoms with van der Waals surface area (Å²) in [7, 11) is 0. The van der Waals surface area contributed by atoms with Crippen molar-refractivity contribution < 1.29 is 9.53 Å². The van der Waals surface area contributed by atoms with Gasteiger partial charge in [0.1, 0.15) is 6.61 Å². The Morgan fingerprint density at radius 1 is 1.27 bits per heavy atom. The molecule has 0 unspecified atom stereocenters. The molecule has 0 fully saturated rings. The molecule has 0 spiro atoms. The van der Waals surface area contributed by atoms with E-state index in [1.807, 2.05) is 32.9 Å². The predicted octanol–water partition coefficient (Wildman–Crippen LogP) is 3.43. The van der Waals surface area contributed by atoms with E-state index in [2.05, 4.69) is 0 Å². The number of halogens is 1. The van der Waals surface area contributed by atoms with Crippen LogP contribution in [0.1, 0.15) is 26.3 Å². The van der Waals surface area contributed by atoms with Crippen molar-refractivity contribution in [2.24, 2.45) is 5.41 Å². The number of rotatable bonds is 2. The lowest BCUT2D eigenvalue weighted by Crippen LogP contribution is -2.22. The van der Waals surface area contributed by atoms with Gasteiger partial charge in [0.2, 0.25) is 0 Å². The highest BCUT2D eigenvalue weighted by atomic mass is 35.5. The molecule has 2 nitrogen and oxygen atoms in total. The molecule has 0 saturated carbocycles. The SMILES string of the molecule is CC(C)(C)C(=O)OCc1ccc(Cl)cc1. The lowest BCUT2D eigenvalue weighted by molar-refractivity contribution is -0.154. The van der Waals surface area contributed by atoms with Crippen LogP contribution >= 0.6 is 11.6 Å². The quantitative estimate of drug-likeness (QED) is 0.723. The summed E-state index contributed by atoms with van der Waals surface area (Å²) in [6.45, 7) is 5.79. The Hall–Kier alpha value is -1.02. The summed E-state index contributed by atoms with van der Waals surface area (Å²) >= 11 is 5.74. The number of ether oxygens (including phenoxy) is 1. The molecular formula is C12H15ClO2. The molecule has 0 amide bonds. The van der Waals surface area contributed by atoms with Crippen LogP contribution in [0, 0.1) is 5.41 Å². The largest absolute Gasteiger partial charge is 0.460 e. The molecule has 1 aromatic rings. The lowest BCUT2D eigenvalue weighted by Gasteiger charge is -2.16. The van der Waals surface area contributed by atoms with Crippen LogP contribution in [0.5, 0.6) is 0 Å². The van der Waals surface area contributed by atoms with Crippen LogP contribution in [0.3, 0.4) is 0 Å². The zero-order valence-corrected chi connectivity index (χ0v) is 9.97. The van der Waals surface area contributed by atoms with Crippen molar-refractivity contribution in [1.82, 2.24) is 0 Å². The van der Waals surface area contributed by atoms with E-state index >= 15 is 0 Å². The van der Waals surface area contributed by atoms with Gasteiger partial charge in [0.05, 0.1) is 5.41 Å². The zero-order valence-electron chi connectivity index (χ0n) is 9.21. The molecule has 0 bridgehead atoms. The van der Waals surface area contributed by atoms with E-state index in [4.69, 9.17) is 16.3 Å². The molecule has 0 aliphatic rings. The molecule has 0 N–H and O–H groups in total. The molecule has 1 rings (SSSR count). The molecule has 0 atom stereocenters. The van der Waals surface area contributed by atoms with Crippen molar-refractivity contribution in [3.8, 4) is 0 Å². The number of hydrogen-bond acceptors (Lipinski definition) is 2. The Balaban J connectivity index is 2.51. The monoisotopic (exact) mass is 226 g/mol. The number of carbonyl (C=O) groups excluding carboxylic acids is 1. The van der Waals surface area contributed by atoms with Gasteiger partial charge in [0.25, 0.3) is 0 Å². The number of carbonyl (C=O) groups is 1. The molecule has 0 aliphatic carbocycles. The fourth-order valence-electron chi connectivity index (χ4n) is 0.946. The molecule has 3 heteroatoms. The van der Waals surface area contributed by atoms with Crippen LogP contribution < -0.4 is 0 Å². The first-order valence-corrected chi connectivity index (χ1v) is 5.19. The Bertz CT molecular complexity index is 336. The normalized spacial score (nSPS) is 11.2. The van der Waals surface area contributed by atoms with E-state index in [1.54, 1.807) is 12.1 Å². The van der Waals surface area contributed by atoms with Gasteiger partial charge in [0.15, 0.2) is 0 Å². The van der Waals surface area contributed by atoms with Gasteiger partial charge < -0.3 is 4.74 Å². The fraction of sp³-hybridized carbons (Fsp3) is 0.417. The summed E-state index contributed by atoms with van der Waals surface area (Å²) in [5, 5.41) is 0.681. The second kappa shape index (κ2) is 4.67. The number of benzene rings is 1. The van der Waals surface area contributed by atoms with Crippen LogP contribution in [-0.4, -0.2) is 5.97 Å². The van der Waals surface area contributed by atoms with Gasteiger partial charge in [-0.15, -0.1) is 0 Å². The highest BCUT2D eigenvalue weighted by molar-refractivity contribution is 6.30. The van der Waals surface area contributed by atoms with Gasteiger partial charge in [-0.25, -0.2) is 0 Å². The molecule has 0 heterocycles. The van der Waals surface area contributed by atoms with Gasteiger partial charge in [-0.05, 0) is 38.5 Å². The molecule has 82 valence electrons. The van der Waals surface area contributed by atoms with E-state index in [-0.39, 0.29) is 5.97 Å². The molecule has 0 aromatic heterocycles. The van der Waals surface area contributed by atoms with Gasteiger partial charge >= 0.3 is 5.97 Å². The van der Waals surface area contributed by atoms with Crippen LogP contribution in [0.2, 0.25) is 5.02 Å². The predicted molar refractivity (Wildman–Crippen MR) is 60.7 cm³/mol. The molecule has 0 aliphatic heterocycles. The van der Waals surface area contributed by atoms with Crippen LogP contribution in [-0.2, 0) is 16.1 Å². The minimum absolute atomic E-state index is 0.197. The highest BCUT2D eigenvalue weighted by Gasteiger charge is 2.22. The van der Waals surface area contributed by atoms with Crippen LogP contribution in [0.4, 0.5) is 0 Å². The highest BCUT2D eigenvalue weighted by Crippen LogP contribution is 2.17. The summed E-state index contributed by atoms with van der Waals surface area (Å²) in [5.41, 5.74) is 0.490. The van der Waals surface area contributed by atoms with Crippen molar-refractivity contribution in [3.05, 3.63) is 34.9 Å². The van der Waals surface area contributed by atoms with E-state index < -0.39 is 5.41 Å². The summed E-state index contributed by atoms with van der Waals surface area (Å²) in [6.07, 6.45) is 0. The molecule has 0 radical (unpaired) electrons. The fourth-order valence-corrected chi connectivity index (χ4v) is 1.07. The summed E-state index contributed by atoms with van der Waals surface area (Å²) in [6, 6.07) is 7.25. The van der Waals surface area contributed by atoms with Gasteiger partial charge in [-0.2, -0.15) is 0 Å². The van der Waals surface area contributed by atoms with Crippen LogP contribution in [0.25, 0.3) is 0 Å². The van der Waals surface area contributed by atoms with Crippen molar-refractivity contribution in [1.29, 1.82) is 0 Å². The van der Waals surface area contributed by atoms with Gasteiger partial charge in [0, 0.05) is 5.02 Å². The lowest BCUT2D eigenvalue weighted by atomic mass is 9.97. The Morgan fingerprint density at radius 3 is 2.27 bits per heavy atom. The average molecular weight is 227 g/mol. The van der Waals surface area contributed by atoms with Crippen molar-refractivity contribution in [3.63, 3.8) is 0 Å². The Morgan fingerprint density at radius 2 is 1.80 bits per heavy atom. The summed E-state index contributed by atoms with van der Waals surface area (Å²) in [5.74, 6) is -0.197. The third kappa shape index (κ3) is 3.92. The van der Waals surface area contributed by atoms with Crippen LogP contribution in [0.15, 0.2) is 24.3 Å². The standard InChI is InChI=1S/C12H15ClO2/c1-12(2,3)11(14)15-8-9-4-6-10(13)7-5-9/h4-7H,8H2,1-3H3. The van der Waals surface area contributed by atoms with E-state index in [1.165, 1.54) is 0 Å². The van der Waals surface area contributed by atoms with E-state index in [0.717, 1.165) is 5.56 Å². The summed E-state index contributed by atoms with van der Waals surface area (Å²) < 4.78 is 5.15. The maximum absolute atomic E-state index is 11.5. The first-order chi connectivity index (χ1) is 6.89. The summed E-state index contributed by atoms with van der Waals surface area (Å²) in [4.78, 5) is 11.5. The topological polar surface area (TPSA) is 26.3 Å².